The molecule has 0 aliphatic heterocycles. The van der Waals surface area contributed by atoms with Crippen LogP contribution in [0.3, 0.4) is 0 Å². The number of rotatable bonds is 10. The van der Waals surface area contributed by atoms with Crippen molar-refractivity contribution in [2.45, 2.75) is 64.7 Å². The predicted octanol–water partition coefficient (Wildman–Crippen LogP) is 4.38. The summed E-state index contributed by atoms with van der Waals surface area (Å²) in [6, 6.07) is 0. The quantitative estimate of drug-likeness (QED) is 0.430. The molecule has 0 radical (unpaired) electrons. The fourth-order valence-corrected chi connectivity index (χ4v) is 2.11. The second-order valence-electron chi connectivity index (χ2n) is 4.75. The van der Waals surface area contributed by atoms with Crippen LogP contribution in [0.5, 0.6) is 0 Å². The number of aliphatic hydroxyl groups excluding tert-OH is 1. The molecule has 0 saturated heterocycles. The normalized spacial score (nSPS) is 15.1. The van der Waals surface area contributed by atoms with Gasteiger partial charge in [-0.3, -0.25) is 0 Å². The molecule has 0 saturated carbocycles. The zero-order chi connectivity index (χ0) is 11.6. The highest BCUT2D eigenvalue weighted by atomic mass is 16.2. The smallest absolute Gasteiger partial charge is 0.0431 e. The number of hydrogen-bond donors (Lipinski definition) is 1. The van der Waals surface area contributed by atoms with Crippen LogP contribution in [0.2, 0.25) is 0 Å². The third-order valence-electron chi connectivity index (χ3n) is 3.29. The molecular weight excluding hydrogens is 196 g/mol. The van der Waals surface area contributed by atoms with Crippen molar-refractivity contribution in [1.29, 1.82) is 0 Å². The molecule has 1 rings (SSSR count). The van der Waals surface area contributed by atoms with E-state index in [1.165, 1.54) is 51.4 Å². The number of hydrogen-bond acceptors (Lipinski definition) is 1. The molecule has 0 aromatic heterocycles. The van der Waals surface area contributed by atoms with Crippen molar-refractivity contribution in [2.24, 2.45) is 0 Å². The molecule has 0 amide bonds. The van der Waals surface area contributed by atoms with Crippen molar-refractivity contribution in [2.75, 3.05) is 6.61 Å². The molecule has 1 nitrogen and oxygen atoms in total. The minimum absolute atomic E-state index is 0.362. The van der Waals surface area contributed by atoms with Crippen LogP contribution in [0.15, 0.2) is 23.3 Å². The highest BCUT2D eigenvalue weighted by Crippen LogP contribution is 2.37. The van der Waals surface area contributed by atoms with Gasteiger partial charge in [-0.1, -0.05) is 49.0 Å². The van der Waals surface area contributed by atoms with Gasteiger partial charge in [-0.2, -0.15) is 0 Å². The first-order valence-corrected chi connectivity index (χ1v) is 6.80. The summed E-state index contributed by atoms with van der Waals surface area (Å²) >= 11 is 0. The number of aliphatic hydroxyl groups is 1. The van der Waals surface area contributed by atoms with Gasteiger partial charge in [-0.15, -0.1) is 0 Å². The molecular formula is C15H26O. The molecule has 1 aliphatic rings. The highest BCUT2D eigenvalue weighted by molar-refractivity contribution is 5.36. The second-order valence-corrected chi connectivity index (χ2v) is 4.75. The molecule has 0 unspecified atom stereocenters. The summed E-state index contributed by atoms with van der Waals surface area (Å²) in [6.45, 7) is 2.45. The lowest BCUT2D eigenvalue weighted by Gasteiger charge is -1.98. The van der Waals surface area contributed by atoms with E-state index in [1.807, 2.05) is 0 Å². The maximum Gasteiger partial charge on any atom is 0.0431 e. The van der Waals surface area contributed by atoms with Crippen molar-refractivity contribution in [1.82, 2.24) is 0 Å². The van der Waals surface area contributed by atoms with E-state index >= 15 is 0 Å². The SMILES string of the molecule is C/C=C/CC1=C(CCCCCCCCO)C1. The molecule has 0 spiro atoms. The van der Waals surface area contributed by atoms with E-state index in [2.05, 4.69) is 19.1 Å². The molecule has 0 aromatic carbocycles. The summed E-state index contributed by atoms with van der Waals surface area (Å²) in [6.07, 6.45) is 15.8. The molecule has 0 aromatic rings. The lowest BCUT2D eigenvalue weighted by Crippen LogP contribution is -1.83. The van der Waals surface area contributed by atoms with Crippen LogP contribution in [0.1, 0.15) is 64.7 Å². The number of unbranched alkanes of at least 4 members (excludes halogenated alkanes) is 5. The Hall–Kier alpha value is -0.560. The third kappa shape index (κ3) is 6.12. The van der Waals surface area contributed by atoms with Crippen LogP contribution < -0.4 is 0 Å². The van der Waals surface area contributed by atoms with Crippen LogP contribution in [0.25, 0.3) is 0 Å². The van der Waals surface area contributed by atoms with E-state index in [9.17, 15) is 0 Å². The Bertz CT molecular complexity index is 238. The zero-order valence-corrected chi connectivity index (χ0v) is 10.7. The van der Waals surface area contributed by atoms with Crippen LogP contribution in [0.4, 0.5) is 0 Å². The first-order valence-electron chi connectivity index (χ1n) is 6.80. The van der Waals surface area contributed by atoms with Crippen LogP contribution in [-0.4, -0.2) is 11.7 Å². The monoisotopic (exact) mass is 222 g/mol. The number of allylic oxidation sites excluding steroid dienone is 4. The molecule has 0 bridgehead atoms. The van der Waals surface area contributed by atoms with Crippen LogP contribution in [0, 0.1) is 0 Å². The Morgan fingerprint density at radius 3 is 2.38 bits per heavy atom. The molecule has 1 aliphatic carbocycles. The summed E-state index contributed by atoms with van der Waals surface area (Å²) < 4.78 is 0. The van der Waals surface area contributed by atoms with E-state index in [1.54, 1.807) is 11.1 Å². The Morgan fingerprint density at radius 2 is 1.69 bits per heavy atom. The van der Waals surface area contributed by atoms with Crippen molar-refractivity contribution >= 4 is 0 Å². The van der Waals surface area contributed by atoms with Crippen molar-refractivity contribution in [3.8, 4) is 0 Å². The van der Waals surface area contributed by atoms with E-state index in [4.69, 9.17) is 5.11 Å². The molecule has 16 heavy (non-hydrogen) atoms. The molecule has 92 valence electrons. The highest BCUT2D eigenvalue weighted by Gasteiger charge is 2.18. The van der Waals surface area contributed by atoms with Gasteiger partial charge < -0.3 is 5.11 Å². The maximum absolute atomic E-state index is 8.64. The fraction of sp³-hybridized carbons (Fsp3) is 0.733. The molecule has 1 N–H and O–H groups in total. The largest absolute Gasteiger partial charge is 0.396 e. The van der Waals surface area contributed by atoms with Gasteiger partial charge in [0.2, 0.25) is 0 Å². The molecule has 0 fully saturated rings. The lowest BCUT2D eigenvalue weighted by molar-refractivity contribution is 0.282. The first-order chi connectivity index (χ1) is 7.88. The summed E-state index contributed by atoms with van der Waals surface area (Å²) in [5.74, 6) is 0. The molecule has 0 atom stereocenters. The standard InChI is InChI=1S/C15H26O/c1-2-3-10-14-13-15(14)11-8-6-4-5-7-9-12-16/h2-3,16H,4-13H2,1H3/b3-2+. The van der Waals surface area contributed by atoms with Gasteiger partial charge in [0, 0.05) is 6.61 Å². The van der Waals surface area contributed by atoms with E-state index in [0.29, 0.717) is 6.61 Å². The second kappa shape index (κ2) is 8.58. The van der Waals surface area contributed by atoms with Gasteiger partial charge in [-0.05, 0) is 39.0 Å². The van der Waals surface area contributed by atoms with Gasteiger partial charge in [0.25, 0.3) is 0 Å². The summed E-state index contributed by atoms with van der Waals surface area (Å²) in [5.41, 5.74) is 3.42. The summed E-state index contributed by atoms with van der Waals surface area (Å²) in [4.78, 5) is 0. The third-order valence-corrected chi connectivity index (χ3v) is 3.29. The minimum atomic E-state index is 0.362. The summed E-state index contributed by atoms with van der Waals surface area (Å²) in [7, 11) is 0. The fourth-order valence-electron chi connectivity index (χ4n) is 2.11. The van der Waals surface area contributed by atoms with Crippen molar-refractivity contribution in [3.63, 3.8) is 0 Å². The Labute approximate surface area is 100 Å². The first kappa shape index (κ1) is 13.5. The van der Waals surface area contributed by atoms with Crippen molar-refractivity contribution < 1.29 is 5.11 Å². The van der Waals surface area contributed by atoms with E-state index in [-0.39, 0.29) is 0 Å². The molecule has 1 heteroatoms. The lowest BCUT2D eigenvalue weighted by atomic mass is 10.1. The maximum atomic E-state index is 8.64. The van der Waals surface area contributed by atoms with Gasteiger partial charge in [0.1, 0.15) is 0 Å². The van der Waals surface area contributed by atoms with E-state index < -0.39 is 0 Å². The average Bonchev–Trinajstić information content (AvgIpc) is 3.04. The van der Waals surface area contributed by atoms with Crippen LogP contribution in [-0.2, 0) is 0 Å². The van der Waals surface area contributed by atoms with Crippen LogP contribution >= 0.6 is 0 Å². The van der Waals surface area contributed by atoms with Gasteiger partial charge in [0.05, 0.1) is 0 Å². The zero-order valence-electron chi connectivity index (χ0n) is 10.7. The topological polar surface area (TPSA) is 20.2 Å². The molecule has 0 heterocycles. The van der Waals surface area contributed by atoms with Gasteiger partial charge >= 0.3 is 0 Å². The Balaban J connectivity index is 1.87. The van der Waals surface area contributed by atoms with Gasteiger partial charge in [0.15, 0.2) is 0 Å². The van der Waals surface area contributed by atoms with Crippen molar-refractivity contribution in [3.05, 3.63) is 23.3 Å². The predicted molar refractivity (Wildman–Crippen MR) is 70.5 cm³/mol. The summed E-state index contributed by atoms with van der Waals surface area (Å²) in [5, 5.41) is 8.64. The van der Waals surface area contributed by atoms with Gasteiger partial charge in [-0.25, -0.2) is 0 Å². The minimum Gasteiger partial charge on any atom is -0.396 e. The average molecular weight is 222 g/mol. The Morgan fingerprint density at radius 1 is 1.00 bits per heavy atom. The van der Waals surface area contributed by atoms with E-state index in [0.717, 1.165) is 6.42 Å². The Kier molecular flexibility index (Phi) is 7.24.